The Balaban J connectivity index is 1.89. The van der Waals surface area contributed by atoms with Crippen molar-refractivity contribution in [2.75, 3.05) is 18.4 Å². The molecule has 2 aromatic carbocycles. The largest absolute Gasteiger partial charge is 0.492 e. The van der Waals surface area contributed by atoms with Crippen molar-refractivity contribution in [3.05, 3.63) is 52.7 Å². The Kier molecular flexibility index (Phi) is 7.18. The number of alkyl halides is 2. The van der Waals surface area contributed by atoms with Gasteiger partial charge in [-0.1, -0.05) is 18.2 Å². The second-order valence-corrected chi connectivity index (χ2v) is 8.24. The summed E-state index contributed by atoms with van der Waals surface area (Å²) < 4.78 is 8.09. The van der Waals surface area contributed by atoms with Crippen LogP contribution in [-0.4, -0.2) is 18.4 Å². The third kappa shape index (κ3) is 4.51. The number of halogens is 2. The van der Waals surface area contributed by atoms with E-state index in [1.165, 1.54) is 0 Å². The minimum Gasteiger partial charge on any atom is -0.492 e. The van der Waals surface area contributed by atoms with Crippen molar-refractivity contribution >= 4 is 54.7 Å². The van der Waals surface area contributed by atoms with Crippen molar-refractivity contribution in [3.8, 4) is 5.75 Å². The van der Waals surface area contributed by atoms with Crippen LogP contribution in [0, 0.1) is 5.92 Å². The molecular formula is C21H22Cl2O2S. The van der Waals surface area contributed by atoms with Gasteiger partial charge in [0.25, 0.3) is 0 Å². The Labute approximate surface area is 167 Å². The smallest absolute Gasteiger partial charge is 0.199 e. The fourth-order valence-corrected chi connectivity index (χ4v) is 4.59. The molecule has 0 aliphatic rings. The van der Waals surface area contributed by atoms with Gasteiger partial charge >= 0.3 is 0 Å². The first-order chi connectivity index (χ1) is 12.7. The summed E-state index contributed by atoms with van der Waals surface area (Å²) in [5.41, 5.74) is 0.0445. The normalized spacial score (nSPS) is 11.5. The van der Waals surface area contributed by atoms with Gasteiger partial charge in [-0.3, -0.25) is 4.79 Å². The fourth-order valence-electron chi connectivity index (χ4n) is 3.19. The fraction of sp³-hybridized carbons (Fsp3) is 0.381. The zero-order chi connectivity index (χ0) is 18.4. The van der Waals surface area contributed by atoms with Gasteiger partial charge in [0.05, 0.1) is 12.0 Å². The quantitative estimate of drug-likeness (QED) is 0.300. The minimum absolute atomic E-state index is 0.0445. The molecule has 0 saturated heterocycles. The number of hydrogen-bond acceptors (Lipinski definition) is 3. The lowest BCUT2D eigenvalue weighted by Gasteiger charge is -2.17. The van der Waals surface area contributed by atoms with E-state index in [1.54, 1.807) is 11.3 Å². The maximum Gasteiger partial charge on any atom is 0.199 e. The molecular weight excluding hydrogens is 387 g/mol. The van der Waals surface area contributed by atoms with Crippen LogP contribution in [0.2, 0.25) is 0 Å². The van der Waals surface area contributed by atoms with Gasteiger partial charge in [-0.25, -0.2) is 0 Å². The Hall–Kier alpha value is -1.29. The molecule has 0 radical (unpaired) electrons. The highest BCUT2D eigenvalue weighted by Gasteiger charge is 2.14. The molecule has 0 unspecified atom stereocenters. The highest BCUT2D eigenvalue weighted by atomic mass is 35.5. The molecule has 0 amide bonds. The minimum atomic E-state index is 0.0445. The molecule has 0 saturated carbocycles. The first-order valence-corrected chi connectivity index (χ1v) is 10.8. The van der Waals surface area contributed by atoms with Gasteiger partial charge in [0.2, 0.25) is 0 Å². The van der Waals surface area contributed by atoms with Crippen molar-refractivity contribution in [2.24, 2.45) is 5.92 Å². The van der Waals surface area contributed by atoms with E-state index in [4.69, 9.17) is 27.9 Å². The maximum absolute atomic E-state index is 13.0. The molecule has 0 aliphatic carbocycles. The Morgan fingerprint density at radius 2 is 1.62 bits per heavy atom. The van der Waals surface area contributed by atoms with Crippen LogP contribution in [0.1, 0.15) is 25.7 Å². The van der Waals surface area contributed by atoms with Crippen molar-refractivity contribution in [2.45, 2.75) is 25.7 Å². The molecule has 3 aromatic rings. The SMILES string of the molecule is O=c1c2ccccc2sc2cccc(OCC(CCCCl)CCCCl)c12. The first-order valence-electron chi connectivity index (χ1n) is 8.94. The second kappa shape index (κ2) is 9.59. The highest BCUT2D eigenvalue weighted by Crippen LogP contribution is 2.30. The van der Waals surface area contributed by atoms with Gasteiger partial charge in [-0.15, -0.1) is 34.5 Å². The molecule has 3 rings (SSSR count). The van der Waals surface area contributed by atoms with Crippen LogP contribution >= 0.6 is 34.5 Å². The van der Waals surface area contributed by atoms with Crippen LogP contribution in [-0.2, 0) is 0 Å². The molecule has 0 aliphatic heterocycles. The van der Waals surface area contributed by atoms with Crippen molar-refractivity contribution in [3.63, 3.8) is 0 Å². The Morgan fingerprint density at radius 1 is 0.923 bits per heavy atom. The van der Waals surface area contributed by atoms with Crippen LogP contribution in [0.5, 0.6) is 5.75 Å². The molecule has 0 spiro atoms. The van der Waals surface area contributed by atoms with E-state index >= 15 is 0 Å². The predicted molar refractivity (Wildman–Crippen MR) is 114 cm³/mol. The molecule has 0 atom stereocenters. The Bertz CT molecular complexity index is 915. The van der Waals surface area contributed by atoms with E-state index in [9.17, 15) is 4.79 Å². The van der Waals surface area contributed by atoms with Gasteiger partial charge in [-0.05, 0) is 55.9 Å². The van der Waals surface area contributed by atoms with Crippen LogP contribution in [0.15, 0.2) is 47.3 Å². The summed E-state index contributed by atoms with van der Waals surface area (Å²) in [6.07, 6.45) is 3.96. The average Bonchev–Trinajstić information content (AvgIpc) is 2.67. The molecule has 1 heterocycles. The lowest BCUT2D eigenvalue weighted by Crippen LogP contribution is -2.14. The predicted octanol–water partition coefficient (Wildman–Crippen LogP) is 6.45. The van der Waals surface area contributed by atoms with Crippen LogP contribution in [0.4, 0.5) is 0 Å². The molecule has 0 N–H and O–H groups in total. The zero-order valence-electron chi connectivity index (χ0n) is 14.5. The molecule has 0 bridgehead atoms. The van der Waals surface area contributed by atoms with Crippen molar-refractivity contribution in [1.29, 1.82) is 0 Å². The summed E-state index contributed by atoms with van der Waals surface area (Å²) in [7, 11) is 0. The lowest BCUT2D eigenvalue weighted by molar-refractivity contribution is 0.232. The standard InChI is InChI=1S/C21H22Cl2O2S/c22-12-4-6-15(7-5-13-23)14-25-17-9-3-11-19-20(17)21(24)16-8-1-2-10-18(16)26-19/h1-3,8-11,15H,4-7,12-14H2. The number of hydrogen-bond donors (Lipinski definition) is 0. The molecule has 138 valence electrons. The van der Waals surface area contributed by atoms with E-state index in [1.807, 2.05) is 42.5 Å². The topological polar surface area (TPSA) is 26.3 Å². The van der Waals surface area contributed by atoms with E-state index in [0.29, 0.717) is 35.4 Å². The van der Waals surface area contributed by atoms with Crippen LogP contribution < -0.4 is 10.2 Å². The van der Waals surface area contributed by atoms with E-state index < -0.39 is 0 Å². The first kappa shape index (κ1) is 19.5. The summed E-state index contributed by atoms with van der Waals surface area (Å²) in [4.78, 5) is 13.0. The van der Waals surface area contributed by atoms with Gasteiger partial charge in [0.15, 0.2) is 5.43 Å². The third-order valence-electron chi connectivity index (χ3n) is 4.53. The van der Waals surface area contributed by atoms with E-state index in [-0.39, 0.29) is 5.43 Å². The van der Waals surface area contributed by atoms with Crippen molar-refractivity contribution in [1.82, 2.24) is 0 Å². The molecule has 2 nitrogen and oxygen atoms in total. The number of benzene rings is 2. The lowest BCUT2D eigenvalue weighted by atomic mass is 9.99. The van der Waals surface area contributed by atoms with E-state index in [2.05, 4.69) is 0 Å². The second-order valence-electron chi connectivity index (χ2n) is 6.40. The highest BCUT2D eigenvalue weighted by molar-refractivity contribution is 7.24. The molecule has 0 fully saturated rings. The third-order valence-corrected chi connectivity index (χ3v) is 6.20. The van der Waals surface area contributed by atoms with Crippen LogP contribution in [0.25, 0.3) is 20.2 Å². The Morgan fingerprint density at radius 3 is 2.35 bits per heavy atom. The monoisotopic (exact) mass is 408 g/mol. The summed E-state index contributed by atoms with van der Waals surface area (Å²) in [5.74, 6) is 2.40. The van der Waals surface area contributed by atoms with Gasteiger partial charge in [0.1, 0.15) is 5.75 Å². The number of fused-ring (bicyclic) bond motifs is 2. The summed E-state index contributed by atoms with van der Waals surface area (Å²) in [5, 5.41) is 1.44. The summed E-state index contributed by atoms with van der Waals surface area (Å²) in [6.45, 7) is 0.587. The number of rotatable bonds is 9. The van der Waals surface area contributed by atoms with Crippen LogP contribution in [0.3, 0.4) is 0 Å². The zero-order valence-corrected chi connectivity index (χ0v) is 16.9. The van der Waals surface area contributed by atoms with Gasteiger partial charge in [-0.2, -0.15) is 0 Å². The molecule has 26 heavy (non-hydrogen) atoms. The number of ether oxygens (including phenoxy) is 1. The summed E-state index contributed by atoms with van der Waals surface area (Å²) >= 11 is 13.3. The van der Waals surface area contributed by atoms with E-state index in [0.717, 1.165) is 40.5 Å². The van der Waals surface area contributed by atoms with Gasteiger partial charge < -0.3 is 4.74 Å². The average molecular weight is 409 g/mol. The van der Waals surface area contributed by atoms with Gasteiger partial charge in [0, 0.05) is 26.5 Å². The molecule has 1 aromatic heterocycles. The summed E-state index contributed by atoms with van der Waals surface area (Å²) in [6, 6.07) is 13.6. The maximum atomic E-state index is 13.0. The van der Waals surface area contributed by atoms with Crippen molar-refractivity contribution < 1.29 is 4.74 Å². The molecule has 5 heteroatoms.